The molecule has 1 aliphatic rings. The van der Waals surface area contributed by atoms with Gasteiger partial charge in [0.1, 0.15) is 0 Å². The van der Waals surface area contributed by atoms with Crippen LogP contribution in [0.2, 0.25) is 0 Å². The molecule has 0 N–H and O–H groups in total. The van der Waals surface area contributed by atoms with E-state index in [0.717, 1.165) is 12.8 Å². The number of benzene rings is 1. The van der Waals surface area contributed by atoms with Gasteiger partial charge < -0.3 is 4.90 Å². The van der Waals surface area contributed by atoms with E-state index in [1.807, 2.05) is 0 Å². The Balaban J connectivity index is 1.70. The lowest BCUT2D eigenvalue weighted by atomic mass is 10.1. The summed E-state index contributed by atoms with van der Waals surface area (Å²) in [5, 5.41) is 4.50. The molecule has 2 aromatic heterocycles. The average molecular weight is 450 g/mol. The molecule has 1 aromatic carbocycles. The van der Waals surface area contributed by atoms with Crippen LogP contribution in [-0.2, 0) is 19.9 Å². The van der Waals surface area contributed by atoms with E-state index in [-0.39, 0.29) is 9.92 Å². The molecule has 160 valence electrons. The summed E-state index contributed by atoms with van der Waals surface area (Å²) < 4.78 is 52.5. The third-order valence-corrected chi connectivity index (χ3v) is 8.27. The van der Waals surface area contributed by atoms with Crippen LogP contribution in [0.5, 0.6) is 0 Å². The Morgan fingerprint density at radius 3 is 2.20 bits per heavy atom. The number of rotatable bonds is 5. The number of hydrogen-bond acceptors (Lipinski definition) is 7. The third kappa shape index (κ3) is 3.85. The van der Waals surface area contributed by atoms with E-state index in [4.69, 9.17) is 0 Å². The fraction of sp³-hybridized carbons (Fsp3) is 0.368. The minimum atomic E-state index is -3.74. The fourth-order valence-corrected chi connectivity index (χ4v) is 5.55. The van der Waals surface area contributed by atoms with Gasteiger partial charge in [-0.05, 0) is 30.8 Å². The number of piperazine rings is 1. The summed E-state index contributed by atoms with van der Waals surface area (Å²) in [6.45, 7) is 5.19. The second kappa shape index (κ2) is 7.73. The summed E-state index contributed by atoms with van der Waals surface area (Å²) in [7, 11) is -7.03. The average Bonchev–Trinajstić information content (AvgIpc) is 3.17. The summed E-state index contributed by atoms with van der Waals surface area (Å²) in [5.41, 5.74) is 1.63. The maximum absolute atomic E-state index is 13.2. The second-order valence-corrected chi connectivity index (χ2v) is 11.1. The van der Waals surface area contributed by atoms with Gasteiger partial charge in [0.2, 0.25) is 0 Å². The fourth-order valence-electron chi connectivity index (χ4n) is 3.47. The van der Waals surface area contributed by atoms with Crippen molar-refractivity contribution >= 4 is 25.5 Å². The van der Waals surface area contributed by atoms with Gasteiger partial charge in [-0.1, -0.05) is 19.1 Å². The van der Waals surface area contributed by atoms with E-state index in [1.165, 1.54) is 27.2 Å². The number of fused-ring (bicyclic) bond motifs is 1. The van der Waals surface area contributed by atoms with E-state index in [2.05, 4.69) is 21.9 Å². The first-order valence-electron chi connectivity index (χ1n) is 9.58. The van der Waals surface area contributed by atoms with Gasteiger partial charge in [0.05, 0.1) is 16.8 Å². The summed E-state index contributed by atoms with van der Waals surface area (Å²) >= 11 is 0. The zero-order valence-corrected chi connectivity index (χ0v) is 18.4. The van der Waals surface area contributed by atoms with Crippen molar-refractivity contribution in [2.75, 3.05) is 39.0 Å². The molecule has 1 saturated heterocycles. The van der Waals surface area contributed by atoms with Crippen molar-refractivity contribution in [1.82, 2.24) is 23.8 Å². The van der Waals surface area contributed by atoms with Gasteiger partial charge >= 0.3 is 0 Å². The van der Waals surface area contributed by atoms with E-state index in [9.17, 15) is 16.8 Å². The summed E-state index contributed by atoms with van der Waals surface area (Å²) in [4.78, 5) is 6.61. The van der Waals surface area contributed by atoms with Crippen LogP contribution in [0.25, 0.3) is 16.9 Å². The molecule has 0 saturated carbocycles. The van der Waals surface area contributed by atoms with Crippen LogP contribution in [0.4, 0.5) is 0 Å². The minimum absolute atomic E-state index is 0.0251. The lowest BCUT2D eigenvalue weighted by Crippen LogP contribution is -2.48. The largest absolute Gasteiger partial charge is 0.301 e. The van der Waals surface area contributed by atoms with Gasteiger partial charge in [-0.25, -0.2) is 26.3 Å². The Morgan fingerprint density at radius 1 is 0.933 bits per heavy atom. The summed E-state index contributed by atoms with van der Waals surface area (Å²) in [6, 6.07) is 9.75. The topological polar surface area (TPSA) is 105 Å². The zero-order valence-electron chi connectivity index (χ0n) is 16.8. The first-order valence-corrected chi connectivity index (χ1v) is 12.9. The van der Waals surface area contributed by atoms with Gasteiger partial charge in [0.15, 0.2) is 20.5 Å². The summed E-state index contributed by atoms with van der Waals surface area (Å²) in [5.74, 6) is 0. The van der Waals surface area contributed by atoms with E-state index in [1.54, 1.807) is 24.3 Å². The molecule has 11 heteroatoms. The molecule has 0 bridgehead atoms. The van der Waals surface area contributed by atoms with Gasteiger partial charge in [0.25, 0.3) is 10.0 Å². The lowest BCUT2D eigenvalue weighted by molar-refractivity contribution is 0.196. The van der Waals surface area contributed by atoms with Crippen LogP contribution in [0.1, 0.15) is 6.92 Å². The highest BCUT2D eigenvalue weighted by molar-refractivity contribution is 7.90. The number of nitrogens with zero attached hydrogens (tertiary/aromatic N) is 5. The smallest absolute Gasteiger partial charge is 0.262 e. The third-order valence-electron chi connectivity index (χ3n) is 5.29. The minimum Gasteiger partial charge on any atom is -0.301 e. The second-order valence-electron chi connectivity index (χ2n) is 7.22. The number of sulfone groups is 1. The number of sulfonamides is 1. The standard InChI is InChI=1S/C19H23N5O4S2/c1-3-22-10-12-23(13-11-22)30(27,28)19-14-20-18-9-8-17(21-24(18)19)15-4-6-16(7-5-15)29(2,25)26/h4-9,14H,3,10-13H2,1-2H3. The molecule has 3 heterocycles. The highest BCUT2D eigenvalue weighted by Crippen LogP contribution is 2.23. The Bertz CT molecular complexity index is 1280. The van der Waals surface area contributed by atoms with Crippen molar-refractivity contribution in [3.63, 3.8) is 0 Å². The molecule has 30 heavy (non-hydrogen) atoms. The molecule has 0 unspecified atom stereocenters. The van der Waals surface area contributed by atoms with Crippen LogP contribution >= 0.6 is 0 Å². The normalized spacial score (nSPS) is 16.9. The number of hydrogen-bond donors (Lipinski definition) is 0. The molecule has 0 atom stereocenters. The first-order chi connectivity index (χ1) is 14.2. The van der Waals surface area contributed by atoms with Crippen LogP contribution < -0.4 is 0 Å². The van der Waals surface area contributed by atoms with Gasteiger partial charge in [-0.2, -0.15) is 9.40 Å². The predicted octanol–water partition coefficient (Wildman–Crippen LogP) is 1.13. The molecule has 1 aliphatic heterocycles. The Labute approximate surface area is 175 Å². The van der Waals surface area contributed by atoms with E-state index < -0.39 is 19.9 Å². The lowest BCUT2D eigenvalue weighted by Gasteiger charge is -2.32. The van der Waals surface area contributed by atoms with Gasteiger partial charge in [-0.15, -0.1) is 0 Å². The molecule has 1 fully saturated rings. The molecular weight excluding hydrogens is 426 g/mol. The van der Waals surface area contributed by atoms with Crippen molar-refractivity contribution in [2.24, 2.45) is 0 Å². The maximum Gasteiger partial charge on any atom is 0.262 e. The van der Waals surface area contributed by atoms with Crippen molar-refractivity contribution in [2.45, 2.75) is 16.8 Å². The van der Waals surface area contributed by atoms with Crippen molar-refractivity contribution < 1.29 is 16.8 Å². The van der Waals surface area contributed by atoms with E-state index in [0.29, 0.717) is 43.1 Å². The molecule has 0 amide bonds. The van der Waals surface area contributed by atoms with Gasteiger partial charge in [0, 0.05) is 38.0 Å². The molecular formula is C19H23N5O4S2. The van der Waals surface area contributed by atoms with Crippen molar-refractivity contribution in [1.29, 1.82) is 0 Å². The predicted molar refractivity (Wildman–Crippen MR) is 112 cm³/mol. The monoisotopic (exact) mass is 449 g/mol. The van der Waals surface area contributed by atoms with Crippen LogP contribution in [0, 0.1) is 0 Å². The Hall–Kier alpha value is -2.34. The molecule has 3 aromatic rings. The summed E-state index contributed by atoms with van der Waals surface area (Å²) in [6.07, 6.45) is 2.48. The zero-order chi connectivity index (χ0) is 21.5. The number of imidazole rings is 1. The van der Waals surface area contributed by atoms with Crippen molar-refractivity contribution in [3.05, 3.63) is 42.6 Å². The highest BCUT2D eigenvalue weighted by atomic mass is 32.2. The van der Waals surface area contributed by atoms with E-state index >= 15 is 0 Å². The van der Waals surface area contributed by atoms with Crippen LogP contribution in [0.3, 0.4) is 0 Å². The Morgan fingerprint density at radius 2 is 1.60 bits per heavy atom. The molecule has 0 aliphatic carbocycles. The molecule has 9 nitrogen and oxygen atoms in total. The van der Waals surface area contributed by atoms with Crippen molar-refractivity contribution in [3.8, 4) is 11.3 Å². The van der Waals surface area contributed by atoms with Crippen LogP contribution in [0.15, 0.2) is 52.5 Å². The number of likely N-dealkylation sites (N-methyl/N-ethyl adjacent to an activating group) is 1. The first kappa shape index (κ1) is 20.9. The Kier molecular flexibility index (Phi) is 5.39. The highest BCUT2D eigenvalue weighted by Gasteiger charge is 2.31. The number of aromatic nitrogens is 3. The molecule has 4 rings (SSSR count). The molecule has 0 spiro atoms. The maximum atomic E-state index is 13.2. The quantitative estimate of drug-likeness (QED) is 0.575. The van der Waals surface area contributed by atoms with Gasteiger partial charge in [-0.3, -0.25) is 0 Å². The molecule has 0 radical (unpaired) electrons. The van der Waals surface area contributed by atoms with Crippen LogP contribution in [-0.4, -0.2) is 79.6 Å². The SMILES string of the molecule is CCN1CCN(S(=O)(=O)c2cnc3ccc(-c4ccc(S(C)(=O)=O)cc4)nn23)CC1.